The van der Waals surface area contributed by atoms with Gasteiger partial charge in [-0.05, 0) is 103 Å². The molecule has 0 saturated heterocycles. The van der Waals surface area contributed by atoms with Crippen LogP contribution in [0.2, 0.25) is 0 Å². The van der Waals surface area contributed by atoms with Crippen LogP contribution in [0.1, 0.15) is 220 Å². The minimum absolute atomic E-state index is 0.0918. The number of unbranched alkanes of at least 4 members (excludes halogenated alkanes) is 16. The third-order valence-electron chi connectivity index (χ3n) is 10.5. The fourth-order valence-corrected chi connectivity index (χ4v) is 6.63. The SMILES string of the molecule is CC/C=C\C/C=C\C/C=C\C/C=C\C/C=C\C/C=C\C/C=C\CCCCCCCC(=O)OCC(COC(=O)CCCCCCCC)OC(=O)CCCCCCC/C=C\C/C=C\CCC. The maximum atomic E-state index is 12.7. The molecule has 0 radical (unpaired) electrons. The standard InChI is InChI=1S/C58H94O6/c1-4-7-10-13-16-18-20-22-23-24-25-26-27-28-29-30-31-32-33-34-35-37-38-40-42-45-48-51-57(60)63-54-55(53-62-56(59)50-47-44-15-12-9-6-3)64-58(61)52-49-46-43-41-39-36-21-19-17-14-11-8-5-2/h7,10-11,14,16,18-19,21-23,25-26,28-29,31-32,34-35,55H,4-6,8-9,12-13,15,17,20,24,27,30,33,36-54H2,1-3H3/b10-7-,14-11-,18-16-,21-19-,23-22-,26-25-,29-28-,32-31-,35-34-. The molecule has 0 heterocycles. The molecule has 0 rings (SSSR count). The van der Waals surface area contributed by atoms with Gasteiger partial charge in [-0.2, -0.15) is 0 Å². The molecular weight excluding hydrogens is 793 g/mol. The monoisotopic (exact) mass is 887 g/mol. The zero-order chi connectivity index (χ0) is 46.5. The Kier molecular flexibility index (Phi) is 48.5. The first-order valence-electron chi connectivity index (χ1n) is 25.9. The van der Waals surface area contributed by atoms with Crippen molar-refractivity contribution in [3.8, 4) is 0 Å². The summed E-state index contributed by atoms with van der Waals surface area (Å²) in [4.78, 5) is 37.7. The third-order valence-corrected chi connectivity index (χ3v) is 10.5. The van der Waals surface area contributed by atoms with Crippen molar-refractivity contribution >= 4 is 17.9 Å². The maximum Gasteiger partial charge on any atom is 0.306 e. The van der Waals surface area contributed by atoms with Gasteiger partial charge in [0.2, 0.25) is 0 Å². The molecule has 6 heteroatoms. The van der Waals surface area contributed by atoms with Gasteiger partial charge in [0.15, 0.2) is 6.10 Å². The molecule has 0 aromatic carbocycles. The van der Waals surface area contributed by atoms with E-state index in [4.69, 9.17) is 14.2 Å². The smallest absolute Gasteiger partial charge is 0.306 e. The van der Waals surface area contributed by atoms with E-state index in [1.54, 1.807) is 0 Å². The Hall–Kier alpha value is -3.93. The number of carbonyl (C=O) groups excluding carboxylic acids is 3. The van der Waals surface area contributed by atoms with E-state index in [1.165, 1.54) is 25.7 Å². The summed E-state index contributed by atoms with van der Waals surface area (Å²) in [5.41, 5.74) is 0. The van der Waals surface area contributed by atoms with E-state index in [0.717, 1.165) is 154 Å². The molecule has 0 aromatic heterocycles. The number of hydrogen-bond donors (Lipinski definition) is 0. The van der Waals surface area contributed by atoms with Crippen molar-refractivity contribution in [2.45, 2.75) is 226 Å². The lowest BCUT2D eigenvalue weighted by Gasteiger charge is -2.18. The highest BCUT2D eigenvalue weighted by atomic mass is 16.6. The zero-order valence-electron chi connectivity index (χ0n) is 41.3. The van der Waals surface area contributed by atoms with Crippen molar-refractivity contribution in [1.29, 1.82) is 0 Å². The molecule has 1 unspecified atom stereocenters. The van der Waals surface area contributed by atoms with Crippen LogP contribution in [0.3, 0.4) is 0 Å². The van der Waals surface area contributed by atoms with E-state index < -0.39 is 6.10 Å². The lowest BCUT2D eigenvalue weighted by Crippen LogP contribution is -2.30. The zero-order valence-corrected chi connectivity index (χ0v) is 41.3. The van der Waals surface area contributed by atoms with Gasteiger partial charge >= 0.3 is 17.9 Å². The van der Waals surface area contributed by atoms with Crippen LogP contribution in [0.15, 0.2) is 109 Å². The number of rotatable bonds is 45. The lowest BCUT2D eigenvalue weighted by molar-refractivity contribution is -0.167. The van der Waals surface area contributed by atoms with Crippen LogP contribution in [0.5, 0.6) is 0 Å². The highest BCUT2D eigenvalue weighted by Gasteiger charge is 2.19. The average molecular weight is 887 g/mol. The van der Waals surface area contributed by atoms with Crippen LogP contribution in [0.25, 0.3) is 0 Å². The lowest BCUT2D eigenvalue weighted by atomic mass is 10.1. The Morgan fingerprint density at radius 3 is 1.02 bits per heavy atom. The van der Waals surface area contributed by atoms with Crippen molar-refractivity contribution < 1.29 is 28.6 Å². The van der Waals surface area contributed by atoms with Crippen molar-refractivity contribution in [2.75, 3.05) is 13.2 Å². The van der Waals surface area contributed by atoms with Gasteiger partial charge in [0.1, 0.15) is 13.2 Å². The van der Waals surface area contributed by atoms with Gasteiger partial charge in [-0.15, -0.1) is 0 Å². The fourth-order valence-electron chi connectivity index (χ4n) is 6.63. The second-order valence-electron chi connectivity index (χ2n) is 16.7. The summed E-state index contributed by atoms with van der Waals surface area (Å²) >= 11 is 0. The molecule has 64 heavy (non-hydrogen) atoms. The first-order chi connectivity index (χ1) is 31.5. The van der Waals surface area contributed by atoms with Crippen LogP contribution in [0.4, 0.5) is 0 Å². The largest absolute Gasteiger partial charge is 0.462 e. The minimum atomic E-state index is -0.791. The molecule has 1 atom stereocenters. The van der Waals surface area contributed by atoms with Crippen molar-refractivity contribution in [3.05, 3.63) is 109 Å². The molecule has 0 amide bonds. The average Bonchev–Trinajstić information content (AvgIpc) is 3.29. The molecule has 0 N–H and O–H groups in total. The van der Waals surface area contributed by atoms with Gasteiger partial charge in [0.05, 0.1) is 0 Å². The molecule has 0 bridgehead atoms. The Bertz CT molecular complexity index is 1340. The number of esters is 3. The van der Waals surface area contributed by atoms with Gasteiger partial charge < -0.3 is 14.2 Å². The highest BCUT2D eigenvalue weighted by Crippen LogP contribution is 2.13. The van der Waals surface area contributed by atoms with Crippen LogP contribution >= 0.6 is 0 Å². The molecule has 6 nitrogen and oxygen atoms in total. The Morgan fingerprint density at radius 1 is 0.328 bits per heavy atom. The predicted octanol–water partition coefficient (Wildman–Crippen LogP) is 17.1. The van der Waals surface area contributed by atoms with E-state index in [9.17, 15) is 14.4 Å². The van der Waals surface area contributed by atoms with E-state index in [2.05, 4.69) is 130 Å². The van der Waals surface area contributed by atoms with E-state index in [0.29, 0.717) is 19.3 Å². The van der Waals surface area contributed by atoms with E-state index >= 15 is 0 Å². The first kappa shape index (κ1) is 60.1. The summed E-state index contributed by atoms with van der Waals surface area (Å²) in [5, 5.41) is 0. The number of ether oxygens (including phenoxy) is 3. The van der Waals surface area contributed by atoms with Gasteiger partial charge in [-0.1, -0.05) is 207 Å². The number of carbonyl (C=O) groups is 3. The first-order valence-corrected chi connectivity index (χ1v) is 25.9. The summed E-state index contributed by atoms with van der Waals surface area (Å²) < 4.78 is 16.7. The van der Waals surface area contributed by atoms with Gasteiger partial charge in [-0.25, -0.2) is 0 Å². The number of allylic oxidation sites excluding steroid dienone is 18. The van der Waals surface area contributed by atoms with Gasteiger partial charge in [0, 0.05) is 19.3 Å². The quantitative estimate of drug-likeness (QED) is 0.0262. The molecule has 362 valence electrons. The van der Waals surface area contributed by atoms with Crippen LogP contribution in [-0.2, 0) is 28.6 Å². The summed E-state index contributed by atoms with van der Waals surface area (Å²) in [6.07, 6.45) is 69.6. The Labute approximate surface area is 393 Å². The third kappa shape index (κ3) is 49.1. The molecule has 0 spiro atoms. The normalized spacial score (nSPS) is 13.0. The second-order valence-corrected chi connectivity index (χ2v) is 16.7. The highest BCUT2D eigenvalue weighted by molar-refractivity contribution is 5.71. The van der Waals surface area contributed by atoms with Gasteiger partial charge in [-0.3, -0.25) is 14.4 Å². The van der Waals surface area contributed by atoms with Crippen LogP contribution in [-0.4, -0.2) is 37.2 Å². The van der Waals surface area contributed by atoms with E-state index in [1.807, 2.05) is 0 Å². The molecular formula is C58H94O6. The molecule has 0 fully saturated rings. The predicted molar refractivity (Wildman–Crippen MR) is 274 cm³/mol. The maximum absolute atomic E-state index is 12.7. The van der Waals surface area contributed by atoms with Crippen LogP contribution in [0, 0.1) is 0 Å². The Balaban J connectivity index is 4.23. The molecule has 0 saturated carbocycles. The van der Waals surface area contributed by atoms with Crippen molar-refractivity contribution in [1.82, 2.24) is 0 Å². The van der Waals surface area contributed by atoms with Crippen LogP contribution < -0.4 is 0 Å². The topological polar surface area (TPSA) is 78.9 Å². The number of hydrogen-bond acceptors (Lipinski definition) is 6. The second kappa shape index (κ2) is 51.7. The molecule has 0 aliphatic heterocycles. The molecule has 0 aromatic rings. The summed E-state index contributed by atoms with van der Waals surface area (Å²) in [6.45, 7) is 6.35. The van der Waals surface area contributed by atoms with Crippen molar-refractivity contribution in [3.63, 3.8) is 0 Å². The molecule has 0 aliphatic carbocycles. The minimum Gasteiger partial charge on any atom is -0.462 e. The summed E-state index contributed by atoms with van der Waals surface area (Å²) in [7, 11) is 0. The van der Waals surface area contributed by atoms with Gasteiger partial charge in [0.25, 0.3) is 0 Å². The fraction of sp³-hybridized carbons (Fsp3) is 0.638. The Morgan fingerprint density at radius 2 is 0.641 bits per heavy atom. The van der Waals surface area contributed by atoms with E-state index in [-0.39, 0.29) is 31.1 Å². The molecule has 0 aliphatic rings. The summed E-state index contributed by atoms with van der Waals surface area (Å²) in [6, 6.07) is 0. The van der Waals surface area contributed by atoms with Crippen molar-refractivity contribution in [2.24, 2.45) is 0 Å². The summed E-state index contributed by atoms with van der Waals surface area (Å²) in [5.74, 6) is -0.943.